The molecule has 2 heterocycles. The Morgan fingerprint density at radius 1 is 1.22 bits per heavy atom. The topological polar surface area (TPSA) is 33.3 Å². The van der Waals surface area contributed by atoms with Gasteiger partial charge >= 0.3 is 0 Å². The van der Waals surface area contributed by atoms with Crippen LogP contribution in [0.25, 0.3) is 0 Å². The number of piperidine rings is 1. The molecule has 0 saturated carbocycles. The first-order valence-electron chi connectivity index (χ1n) is 7.68. The minimum atomic E-state index is 0.409. The fourth-order valence-corrected chi connectivity index (χ4v) is 3.32. The molecule has 2 saturated heterocycles. The summed E-state index contributed by atoms with van der Waals surface area (Å²) < 4.78 is 5.47. The minimum absolute atomic E-state index is 0.409. The van der Waals surface area contributed by atoms with Crippen molar-refractivity contribution in [3.05, 3.63) is 0 Å². The molecule has 0 spiro atoms. The van der Waals surface area contributed by atoms with Crippen LogP contribution in [-0.2, 0) is 4.74 Å². The summed E-state index contributed by atoms with van der Waals surface area (Å²) in [4.78, 5) is 0. The molecule has 2 aliphatic rings. The molecule has 3 nitrogen and oxygen atoms in total. The zero-order valence-electron chi connectivity index (χ0n) is 12.1. The molecular formula is C15H30N2O. The molecule has 106 valence electrons. The van der Waals surface area contributed by atoms with E-state index in [1.807, 2.05) is 0 Å². The molecule has 2 N–H and O–H groups in total. The number of ether oxygens (including phenoxy) is 1. The van der Waals surface area contributed by atoms with Crippen LogP contribution in [0.2, 0.25) is 0 Å². The predicted molar refractivity (Wildman–Crippen MR) is 75.8 cm³/mol. The van der Waals surface area contributed by atoms with Crippen LogP contribution in [0.15, 0.2) is 0 Å². The summed E-state index contributed by atoms with van der Waals surface area (Å²) in [5.74, 6) is 1.66. The SMILES string of the molecule is CC(C)(CNCC1CCCNC1)C1CCOCC1. The average molecular weight is 254 g/mol. The van der Waals surface area contributed by atoms with Crippen molar-refractivity contribution in [2.45, 2.75) is 39.5 Å². The van der Waals surface area contributed by atoms with Crippen molar-refractivity contribution in [3.63, 3.8) is 0 Å². The fourth-order valence-electron chi connectivity index (χ4n) is 3.32. The molecule has 0 radical (unpaired) electrons. The monoisotopic (exact) mass is 254 g/mol. The van der Waals surface area contributed by atoms with Gasteiger partial charge in [0.05, 0.1) is 0 Å². The number of hydrogen-bond acceptors (Lipinski definition) is 3. The van der Waals surface area contributed by atoms with Gasteiger partial charge in [0.2, 0.25) is 0 Å². The lowest BCUT2D eigenvalue weighted by Gasteiger charge is -2.37. The van der Waals surface area contributed by atoms with Gasteiger partial charge in [-0.3, -0.25) is 0 Å². The summed E-state index contributed by atoms with van der Waals surface area (Å²) in [6, 6.07) is 0. The number of hydrogen-bond donors (Lipinski definition) is 2. The lowest BCUT2D eigenvalue weighted by atomic mass is 9.74. The number of nitrogens with one attached hydrogen (secondary N) is 2. The number of rotatable bonds is 5. The molecule has 0 aromatic carbocycles. The third kappa shape index (κ3) is 4.22. The van der Waals surface area contributed by atoms with Crippen molar-refractivity contribution < 1.29 is 4.74 Å². The van der Waals surface area contributed by atoms with Gasteiger partial charge in [0.15, 0.2) is 0 Å². The second kappa shape index (κ2) is 6.88. The van der Waals surface area contributed by atoms with E-state index < -0.39 is 0 Å². The van der Waals surface area contributed by atoms with Gasteiger partial charge < -0.3 is 15.4 Å². The molecular weight excluding hydrogens is 224 g/mol. The van der Waals surface area contributed by atoms with Crippen molar-refractivity contribution >= 4 is 0 Å². The van der Waals surface area contributed by atoms with E-state index in [9.17, 15) is 0 Å². The molecule has 1 unspecified atom stereocenters. The van der Waals surface area contributed by atoms with E-state index in [0.29, 0.717) is 5.41 Å². The zero-order valence-corrected chi connectivity index (χ0v) is 12.1. The summed E-state index contributed by atoms with van der Waals surface area (Å²) in [6.07, 6.45) is 5.20. The smallest absolute Gasteiger partial charge is 0.0468 e. The average Bonchev–Trinajstić information content (AvgIpc) is 2.41. The van der Waals surface area contributed by atoms with Crippen molar-refractivity contribution in [2.75, 3.05) is 39.4 Å². The Morgan fingerprint density at radius 3 is 2.67 bits per heavy atom. The van der Waals surface area contributed by atoms with E-state index in [1.165, 1.54) is 45.3 Å². The maximum absolute atomic E-state index is 5.47. The van der Waals surface area contributed by atoms with Crippen LogP contribution in [0.5, 0.6) is 0 Å². The van der Waals surface area contributed by atoms with Crippen LogP contribution in [0.4, 0.5) is 0 Å². The third-order valence-electron chi connectivity index (χ3n) is 4.74. The second-order valence-electron chi connectivity index (χ2n) is 6.72. The Bertz CT molecular complexity index is 231. The van der Waals surface area contributed by atoms with Crippen molar-refractivity contribution in [2.24, 2.45) is 17.3 Å². The Hall–Kier alpha value is -0.120. The molecule has 2 rings (SSSR count). The maximum Gasteiger partial charge on any atom is 0.0468 e. The summed E-state index contributed by atoms with van der Waals surface area (Å²) in [6.45, 7) is 11.5. The van der Waals surface area contributed by atoms with Gasteiger partial charge in [-0.1, -0.05) is 13.8 Å². The van der Waals surface area contributed by atoms with Gasteiger partial charge in [-0.2, -0.15) is 0 Å². The van der Waals surface area contributed by atoms with E-state index in [1.54, 1.807) is 0 Å². The molecule has 3 heteroatoms. The predicted octanol–water partition coefficient (Wildman–Crippen LogP) is 2.03. The van der Waals surface area contributed by atoms with Crippen LogP contribution < -0.4 is 10.6 Å². The van der Waals surface area contributed by atoms with E-state index in [0.717, 1.165) is 31.6 Å². The van der Waals surface area contributed by atoms with Crippen LogP contribution in [0.3, 0.4) is 0 Å². The standard InChI is InChI=1S/C15H30N2O/c1-15(2,14-5-8-18-9-6-14)12-17-11-13-4-3-7-16-10-13/h13-14,16-17H,3-12H2,1-2H3. The highest BCUT2D eigenvalue weighted by molar-refractivity contribution is 4.83. The third-order valence-corrected chi connectivity index (χ3v) is 4.74. The van der Waals surface area contributed by atoms with Gasteiger partial charge in [0, 0.05) is 19.8 Å². The van der Waals surface area contributed by atoms with Gasteiger partial charge in [-0.15, -0.1) is 0 Å². The molecule has 0 aromatic heterocycles. The Labute approximate surface area is 112 Å². The summed E-state index contributed by atoms with van der Waals surface area (Å²) in [5.41, 5.74) is 0.409. The molecule has 0 aliphatic carbocycles. The first-order chi connectivity index (χ1) is 8.68. The first-order valence-corrected chi connectivity index (χ1v) is 7.68. The highest BCUT2D eigenvalue weighted by atomic mass is 16.5. The molecule has 2 fully saturated rings. The summed E-state index contributed by atoms with van der Waals surface area (Å²) in [7, 11) is 0. The van der Waals surface area contributed by atoms with E-state index in [-0.39, 0.29) is 0 Å². The molecule has 2 aliphatic heterocycles. The van der Waals surface area contributed by atoms with Crippen LogP contribution >= 0.6 is 0 Å². The highest BCUT2D eigenvalue weighted by Crippen LogP contribution is 2.33. The van der Waals surface area contributed by atoms with Gasteiger partial charge in [0.1, 0.15) is 0 Å². The summed E-state index contributed by atoms with van der Waals surface area (Å²) >= 11 is 0. The Balaban J connectivity index is 1.67. The van der Waals surface area contributed by atoms with Gasteiger partial charge in [-0.05, 0) is 62.6 Å². The minimum Gasteiger partial charge on any atom is -0.381 e. The van der Waals surface area contributed by atoms with Gasteiger partial charge in [-0.25, -0.2) is 0 Å². The molecule has 18 heavy (non-hydrogen) atoms. The molecule has 0 amide bonds. The Morgan fingerprint density at radius 2 is 2.00 bits per heavy atom. The lowest BCUT2D eigenvalue weighted by molar-refractivity contribution is 0.0225. The van der Waals surface area contributed by atoms with Crippen molar-refractivity contribution in [1.82, 2.24) is 10.6 Å². The second-order valence-corrected chi connectivity index (χ2v) is 6.72. The quantitative estimate of drug-likeness (QED) is 0.787. The molecule has 0 bridgehead atoms. The molecule has 1 atom stereocenters. The largest absolute Gasteiger partial charge is 0.381 e. The van der Waals surface area contributed by atoms with E-state index >= 15 is 0 Å². The molecule has 0 aromatic rings. The van der Waals surface area contributed by atoms with E-state index in [2.05, 4.69) is 24.5 Å². The van der Waals surface area contributed by atoms with Gasteiger partial charge in [0.25, 0.3) is 0 Å². The van der Waals surface area contributed by atoms with E-state index in [4.69, 9.17) is 4.74 Å². The van der Waals surface area contributed by atoms with Crippen molar-refractivity contribution in [1.29, 1.82) is 0 Å². The van der Waals surface area contributed by atoms with Crippen LogP contribution in [-0.4, -0.2) is 39.4 Å². The first kappa shape index (κ1) is 14.3. The zero-order chi connectivity index (χ0) is 12.8. The van der Waals surface area contributed by atoms with Crippen molar-refractivity contribution in [3.8, 4) is 0 Å². The lowest BCUT2D eigenvalue weighted by Crippen LogP contribution is -2.42. The fraction of sp³-hybridized carbons (Fsp3) is 1.00. The normalized spacial score (nSPS) is 27.3. The van der Waals surface area contributed by atoms with Crippen LogP contribution in [0.1, 0.15) is 39.5 Å². The maximum atomic E-state index is 5.47. The van der Waals surface area contributed by atoms with Crippen LogP contribution in [0, 0.1) is 17.3 Å². The Kier molecular flexibility index (Phi) is 5.46. The highest BCUT2D eigenvalue weighted by Gasteiger charge is 2.30. The summed E-state index contributed by atoms with van der Waals surface area (Å²) in [5, 5.41) is 7.20.